The van der Waals surface area contributed by atoms with Gasteiger partial charge in [-0.15, -0.1) is 0 Å². The van der Waals surface area contributed by atoms with E-state index >= 15 is 0 Å². The SMILES string of the molecule is Nc1ccc(N2CCC3(CCCCC3)CC2)c(C(=O)O)c1. The van der Waals surface area contributed by atoms with Crippen molar-refractivity contribution in [1.82, 2.24) is 0 Å². The molecular formula is C17H24N2O2. The number of nitrogens with two attached hydrogens (primary N) is 1. The Morgan fingerprint density at radius 2 is 1.76 bits per heavy atom. The predicted octanol–water partition coefficient (Wildman–Crippen LogP) is 3.52. The molecule has 3 rings (SSSR count). The summed E-state index contributed by atoms with van der Waals surface area (Å²) < 4.78 is 0. The number of carboxylic acid groups (broad SMARTS) is 1. The number of nitrogen functional groups attached to an aromatic ring is 1. The molecular weight excluding hydrogens is 264 g/mol. The Kier molecular flexibility index (Phi) is 3.79. The largest absolute Gasteiger partial charge is 0.478 e. The highest BCUT2D eigenvalue weighted by molar-refractivity contribution is 5.95. The lowest BCUT2D eigenvalue weighted by atomic mass is 9.68. The van der Waals surface area contributed by atoms with Gasteiger partial charge in [0.05, 0.1) is 11.3 Å². The minimum absolute atomic E-state index is 0.328. The van der Waals surface area contributed by atoms with Crippen molar-refractivity contribution in [1.29, 1.82) is 0 Å². The van der Waals surface area contributed by atoms with E-state index in [-0.39, 0.29) is 0 Å². The third-order valence-corrected chi connectivity index (χ3v) is 5.33. The first-order valence-electron chi connectivity index (χ1n) is 7.97. The number of aromatic carboxylic acids is 1. The summed E-state index contributed by atoms with van der Waals surface area (Å²) in [6, 6.07) is 5.23. The fraction of sp³-hybridized carbons (Fsp3) is 0.588. The van der Waals surface area contributed by atoms with Crippen molar-refractivity contribution in [3.05, 3.63) is 23.8 Å². The number of carboxylic acids is 1. The molecule has 2 aliphatic rings. The molecule has 1 aliphatic heterocycles. The molecule has 1 aliphatic carbocycles. The minimum atomic E-state index is -0.893. The number of benzene rings is 1. The van der Waals surface area contributed by atoms with Crippen molar-refractivity contribution in [3.63, 3.8) is 0 Å². The van der Waals surface area contributed by atoms with E-state index < -0.39 is 5.97 Å². The van der Waals surface area contributed by atoms with E-state index in [4.69, 9.17) is 5.73 Å². The van der Waals surface area contributed by atoms with Crippen LogP contribution in [0, 0.1) is 5.41 Å². The van der Waals surface area contributed by atoms with Gasteiger partial charge in [0.2, 0.25) is 0 Å². The Balaban J connectivity index is 1.76. The number of carbonyl (C=O) groups is 1. The Hall–Kier alpha value is -1.71. The molecule has 4 nitrogen and oxygen atoms in total. The standard InChI is InChI=1S/C17H24N2O2/c18-13-4-5-15(14(12-13)16(20)21)19-10-8-17(9-11-19)6-2-1-3-7-17/h4-5,12H,1-3,6-11,18H2,(H,20,21). The fourth-order valence-corrected chi connectivity index (χ4v) is 4.02. The van der Waals surface area contributed by atoms with Crippen LogP contribution in [0.4, 0.5) is 11.4 Å². The first-order chi connectivity index (χ1) is 10.1. The zero-order chi connectivity index (χ0) is 14.9. The van der Waals surface area contributed by atoms with Crippen LogP contribution in [0.25, 0.3) is 0 Å². The van der Waals surface area contributed by atoms with Gasteiger partial charge in [-0.25, -0.2) is 4.79 Å². The molecule has 1 spiro atoms. The highest BCUT2D eigenvalue weighted by Crippen LogP contribution is 2.45. The van der Waals surface area contributed by atoms with Crippen LogP contribution in [0.3, 0.4) is 0 Å². The Bertz CT molecular complexity index is 526. The van der Waals surface area contributed by atoms with Crippen molar-refractivity contribution in [2.24, 2.45) is 5.41 Å². The first-order valence-corrected chi connectivity index (χ1v) is 7.97. The van der Waals surface area contributed by atoms with Gasteiger partial charge in [-0.3, -0.25) is 0 Å². The molecule has 0 aromatic heterocycles. The Morgan fingerprint density at radius 1 is 1.10 bits per heavy atom. The highest BCUT2D eigenvalue weighted by Gasteiger charge is 2.36. The summed E-state index contributed by atoms with van der Waals surface area (Å²) in [5.74, 6) is -0.893. The first kappa shape index (κ1) is 14.2. The van der Waals surface area contributed by atoms with Crippen molar-refractivity contribution < 1.29 is 9.90 Å². The summed E-state index contributed by atoms with van der Waals surface area (Å²) in [6.07, 6.45) is 9.20. The normalized spacial score (nSPS) is 21.4. The van der Waals surface area contributed by atoms with Gasteiger partial charge in [0.1, 0.15) is 0 Å². The van der Waals surface area contributed by atoms with Crippen LogP contribution in [0.1, 0.15) is 55.3 Å². The number of anilines is 2. The monoisotopic (exact) mass is 288 g/mol. The van der Waals surface area contributed by atoms with Crippen LogP contribution in [-0.4, -0.2) is 24.2 Å². The zero-order valence-electron chi connectivity index (χ0n) is 12.5. The highest BCUT2D eigenvalue weighted by atomic mass is 16.4. The average molecular weight is 288 g/mol. The summed E-state index contributed by atoms with van der Waals surface area (Å²) in [5, 5.41) is 9.38. The van der Waals surface area contributed by atoms with Gasteiger partial charge in [0, 0.05) is 18.8 Å². The van der Waals surface area contributed by atoms with E-state index in [9.17, 15) is 9.90 Å². The van der Waals surface area contributed by atoms with Crippen molar-refractivity contribution in [2.45, 2.75) is 44.9 Å². The quantitative estimate of drug-likeness (QED) is 0.817. The predicted molar refractivity (Wildman–Crippen MR) is 84.8 cm³/mol. The second-order valence-corrected chi connectivity index (χ2v) is 6.63. The van der Waals surface area contributed by atoms with Crippen LogP contribution >= 0.6 is 0 Å². The van der Waals surface area contributed by atoms with Crippen LogP contribution in [0.15, 0.2) is 18.2 Å². The third kappa shape index (κ3) is 2.85. The molecule has 0 unspecified atom stereocenters. The average Bonchev–Trinajstić information content (AvgIpc) is 2.49. The van der Waals surface area contributed by atoms with Gasteiger partial charge < -0.3 is 15.7 Å². The van der Waals surface area contributed by atoms with Crippen molar-refractivity contribution in [3.8, 4) is 0 Å². The summed E-state index contributed by atoms with van der Waals surface area (Å²) in [5.41, 5.74) is 7.92. The van der Waals surface area contributed by atoms with Gasteiger partial charge in [-0.1, -0.05) is 19.3 Å². The molecule has 1 saturated heterocycles. The molecule has 0 bridgehead atoms. The lowest BCUT2D eigenvalue weighted by Gasteiger charge is -2.45. The van der Waals surface area contributed by atoms with Gasteiger partial charge in [-0.05, 0) is 49.3 Å². The summed E-state index contributed by atoms with van der Waals surface area (Å²) in [7, 11) is 0. The molecule has 0 atom stereocenters. The Morgan fingerprint density at radius 3 is 2.38 bits per heavy atom. The molecule has 1 aromatic rings. The lowest BCUT2D eigenvalue weighted by Crippen LogP contribution is -2.41. The topological polar surface area (TPSA) is 66.6 Å². The molecule has 4 heteroatoms. The lowest BCUT2D eigenvalue weighted by molar-refractivity contribution is 0.0697. The third-order valence-electron chi connectivity index (χ3n) is 5.33. The van der Waals surface area contributed by atoms with Crippen LogP contribution in [0.2, 0.25) is 0 Å². The van der Waals surface area contributed by atoms with Gasteiger partial charge in [0.25, 0.3) is 0 Å². The van der Waals surface area contributed by atoms with E-state index in [1.807, 2.05) is 6.07 Å². The number of hydrogen-bond acceptors (Lipinski definition) is 3. The van der Waals surface area contributed by atoms with E-state index in [0.717, 1.165) is 18.8 Å². The van der Waals surface area contributed by atoms with Gasteiger partial charge >= 0.3 is 5.97 Å². The van der Waals surface area contributed by atoms with Crippen LogP contribution < -0.4 is 10.6 Å². The summed E-state index contributed by atoms with van der Waals surface area (Å²) in [4.78, 5) is 13.7. The van der Waals surface area contributed by atoms with E-state index in [1.165, 1.54) is 44.9 Å². The molecule has 1 saturated carbocycles. The Labute approximate surface area is 125 Å². The number of piperidine rings is 1. The van der Waals surface area contributed by atoms with Crippen LogP contribution in [0.5, 0.6) is 0 Å². The zero-order valence-corrected chi connectivity index (χ0v) is 12.5. The number of rotatable bonds is 2. The van der Waals surface area contributed by atoms with E-state index in [0.29, 0.717) is 16.7 Å². The molecule has 21 heavy (non-hydrogen) atoms. The second kappa shape index (κ2) is 5.58. The maximum absolute atomic E-state index is 11.4. The van der Waals surface area contributed by atoms with E-state index in [2.05, 4.69) is 4.90 Å². The van der Waals surface area contributed by atoms with Gasteiger partial charge in [0.15, 0.2) is 0 Å². The molecule has 2 fully saturated rings. The molecule has 0 amide bonds. The molecule has 3 N–H and O–H groups in total. The second-order valence-electron chi connectivity index (χ2n) is 6.63. The van der Waals surface area contributed by atoms with Crippen LogP contribution in [-0.2, 0) is 0 Å². The van der Waals surface area contributed by atoms with Gasteiger partial charge in [-0.2, -0.15) is 0 Å². The molecule has 114 valence electrons. The maximum Gasteiger partial charge on any atom is 0.337 e. The molecule has 1 aromatic carbocycles. The minimum Gasteiger partial charge on any atom is -0.478 e. The summed E-state index contributed by atoms with van der Waals surface area (Å²) in [6.45, 7) is 1.92. The molecule has 0 radical (unpaired) electrons. The number of nitrogens with zero attached hydrogens (tertiary/aromatic N) is 1. The molecule has 1 heterocycles. The van der Waals surface area contributed by atoms with Crippen molar-refractivity contribution >= 4 is 17.3 Å². The maximum atomic E-state index is 11.4. The van der Waals surface area contributed by atoms with Crippen molar-refractivity contribution in [2.75, 3.05) is 23.7 Å². The number of hydrogen-bond donors (Lipinski definition) is 2. The smallest absolute Gasteiger partial charge is 0.337 e. The summed E-state index contributed by atoms with van der Waals surface area (Å²) >= 11 is 0. The van der Waals surface area contributed by atoms with E-state index in [1.54, 1.807) is 12.1 Å². The fourth-order valence-electron chi connectivity index (χ4n) is 4.02.